The van der Waals surface area contributed by atoms with Crippen molar-refractivity contribution in [2.45, 2.75) is 6.42 Å². The number of nitro groups is 1. The van der Waals surface area contributed by atoms with E-state index in [0.29, 0.717) is 35.7 Å². The number of carbonyl (C=O) groups is 1. The first kappa shape index (κ1) is 17.8. The Hall–Kier alpha value is -3.00. The molecule has 1 heterocycles. The largest absolute Gasteiger partial charge is 0.492 e. The summed E-state index contributed by atoms with van der Waals surface area (Å²) >= 11 is 0. The van der Waals surface area contributed by atoms with Crippen LogP contribution in [0, 0.1) is 10.1 Å². The number of carbonyl (C=O) groups excluding carboxylic acids is 1. The highest BCUT2D eigenvalue weighted by Gasteiger charge is 2.27. The predicted molar refractivity (Wildman–Crippen MR) is 96.4 cm³/mol. The van der Waals surface area contributed by atoms with Gasteiger partial charge in [0.15, 0.2) is 5.78 Å². The summed E-state index contributed by atoms with van der Waals surface area (Å²) in [5.41, 5.74) is 2.10. The molecule has 0 saturated heterocycles. The van der Waals surface area contributed by atoms with Gasteiger partial charge < -0.3 is 19.8 Å². The van der Waals surface area contributed by atoms with E-state index in [2.05, 4.69) is 4.98 Å². The Morgan fingerprint density at radius 1 is 1.42 bits per heavy atom. The Labute approximate surface area is 150 Å². The summed E-state index contributed by atoms with van der Waals surface area (Å²) < 4.78 is 7.05. The number of ketones is 1. The van der Waals surface area contributed by atoms with E-state index < -0.39 is 4.92 Å². The summed E-state index contributed by atoms with van der Waals surface area (Å²) in [7, 11) is 5.49. The summed E-state index contributed by atoms with van der Waals surface area (Å²) in [5, 5.41) is 10.9. The van der Waals surface area contributed by atoms with Crippen molar-refractivity contribution >= 4 is 17.7 Å². The number of hydrogen-bond acceptors (Lipinski definition) is 6. The van der Waals surface area contributed by atoms with Crippen molar-refractivity contribution in [3.8, 4) is 5.75 Å². The number of likely N-dealkylation sites (N-methyl/N-ethyl adjacent to an activating group) is 1. The number of hydrogen-bond donors (Lipinski definition) is 0. The Bertz CT molecular complexity index is 899. The molecule has 0 N–H and O–H groups in total. The normalized spacial score (nSPS) is 14.9. The third-order valence-electron chi connectivity index (χ3n) is 4.30. The topological polar surface area (TPSA) is 90.5 Å². The molecular formula is C18H20N4O4. The van der Waals surface area contributed by atoms with Gasteiger partial charge >= 0.3 is 5.82 Å². The summed E-state index contributed by atoms with van der Waals surface area (Å²) in [6.07, 6.45) is 3.28. The molecule has 8 nitrogen and oxygen atoms in total. The van der Waals surface area contributed by atoms with E-state index in [1.54, 1.807) is 19.2 Å². The maximum absolute atomic E-state index is 12.7. The fourth-order valence-corrected chi connectivity index (χ4v) is 2.81. The molecule has 8 heteroatoms. The number of allylic oxidation sites excluding steroid dienone is 1. The molecule has 0 amide bonds. The van der Waals surface area contributed by atoms with Gasteiger partial charge in [-0.1, -0.05) is 6.07 Å². The van der Waals surface area contributed by atoms with Crippen molar-refractivity contribution in [3.63, 3.8) is 0 Å². The molecule has 2 aromatic rings. The van der Waals surface area contributed by atoms with Gasteiger partial charge in [-0.25, -0.2) is 9.55 Å². The van der Waals surface area contributed by atoms with Gasteiger partial charge in [0.2, 0.25) is 5.82 Å². The Morgan fingerprint density at radius 3 is 2.85 bits per heavy atom. The zero-order valence-corrected chi connectivity index (χ0v) is 14.9. The summed E-state index contributed by atoms with van der Waals surface area (Å²) in [4.78, 5) is 29.2. The molecule has 1 aromatic carbocycles. The van der Waals surface area contributed by atoms with E-state index in [4.69, 9.17) is 4.74 Å². The SMILES string of the molecule is CN(C)CCOc1ccc2c(c1)C(=O)/C(=C\c1ncc([N+](=O)[O-])n1C)C2. The molecule has 0 fully saturated rings. The lowest BCUT2D eigenvalue weighted by Crippen LogP contribution is -2.19. The fourth-order valence-electron chi connectivity index (χ4n) is 2.81. The van der Waals surface area contributed by atoms with Crippen LogP contribution in [-0.2, 0) is 13.5 Å². The first-order valence-corrected chi connectivity index (χ1v) is 8.18. The maximum Gasteiger partial charge on any atom is 0.342 e. The third kappa shape index (κ3) is 3.50. The number of nitrogens with zero attached hydrogens (tertiary/aromatic N) is 4. The molecule has 0 spiro atoms. The Kier molecular flexibility index (Phi) is 4.85. The smallest absolute Gasteiger partial charge is 0.342 e. The molecule has 26 heavy (non-hydrogen) atoms. The standard InChI is InChI=1S/C18H20N4O4/c1-20(2)6-7-26-14-5-4-12-8-13(18(23)15(12)10-14)9-16-19-11-17(21(16)3)22(24)25/h4-5,9-11H,6-8H2,1-3H3/b13-9-. The highest BCUT2D eigenvalue weighted by Crippen LogP contribution is 2.31. The monoisotopic (exact) mass is 356 g/mol. The van der Waals surface area contributed by atoms with Crippen molar-refractivity contribution in [1.82, 2.24) is 14.5 Å². The van der Waals surface area contributed by atoms with Crippen LogP contribution < -0.4 is 4.74 Å². The first-order chi connectivity index (χ1) is 12.4. The van der Waals surface area contributed by atoms with Crippen LogP contribution in [0.25, 0.3) is 6.08 Å². The molecule has 0 saturated carbocycles. The molecule has 1 aliphatic rings. The first-order valence-electron chi connectivity index (χ1n) is 8.18. The number of ether oxygens (including phenoxy) is 1. The number of Topliss-reactive ketones (excluding diaryl/α,β-unsaturated/α-hetero) is 1. The average molecular weight is 356 g/mol. The van der Waals surface area contributed by atoms with E-state index in [-0.39, 0.29) is 11.6 Å². The highest BCUT2D eigenvalue weighted by molar-refractivity contribution is 6.15. The second kappa shape index (κ2) is 7.09. The lowest BCUT2D eigenvalue weighted by Gasteiger charge is -2.11. The van der Waals surface area contributed by atoms with Gasteiger partial charge in [-0.05, 0) is 36.7 Å². The van der Waals surface area contributed by atoms with Crippen LogP contribution >= 0.6 is 0 Å². The molecule has 136 valence electrons. The van der Waals surface area contributed by atoms with Crippen LogP contribution in [0.5, 0.6) is 5.75 Å². The van der Waals surface area contributed by atoms with Gasteiger partial charge in [0.25, 0.3) is 0 Å². The summed E-state index contributed by atoms with van der Waals surface area (Å²) in [5.74, 6) is 0.836. The van der Waals surface area contributed by atoms with Crippen LogP contribution in [0.4, 0.5) is 5.82 Å². The van der Waals surface area contributed by atoms with Gasteiger partial charge in [-0.15, -0.1) is 0 Å². The van der Waals surface area contributed by atoms with Crippen LogP contribution in [0.2, 0.25) is 0 Å². The van der Waals surface area contributed by atoms with Gasteiger partial charge in [0.1, 0.15) is 18.6 Å². The summed E-state index contributed by atoms with van der Waals surface area (Å²) in [6, 6.07) is 5.51. The molecule has 1 aromatic heterocycles. The molecule has 0 aliphatic heterocycles. The van der Waals surface area contributed by atoms with Crippen molar-refractivity contribution in [3.05, 3.63) is 57.0 Å². The van der Waals surface area contributed by atoms with Crippen molar-refractivity contribution in [2.75, 3.05) is 27.2 Å². The minimum atomic E-state index is -0.502. The lowest BCUT2D eigenvalue weighted by molar-refractivity contribution is -0.391. The Morgan fingerprint density at radius 2 is 2.19 bits per heavy atom. The number of fused-ring (bicyclic) bond motifs is 1. The van der Waals surface area contributed by atoms with Crippen molar-refractivity contribution in [2.24, 2.45) is 7.05 Å². The molecular weight excluding hydrogens is 336 g/mol. The lowest BCUT2D eigenvalue weighted by atomic mass is 10.1. The van der Waals surface area contributed by atoms with Crippen LogP contribution in [0.3, 0.4) is 0 Å². The van der Waals surface area contributed by atoms with Crippen molar-refractivity contribution in [1.29, 1.82) is 0 Å². The molecule has 0 unspecified atom stereocenters. The van der Waals surface area contributed by atoms with Crippen molar-refractivity contribution < 1.29 is 14.5 Å². The molecule has 1 aliphatic carbocycles. The zero-order valence-electron chi connectivity index (χ0n) is 14.9. The van der Waals surface area contributed by atoms with E-state index in [1.807, 2.05) is 31.1 Å². The van der Waals surface area contributed by atoms with Gasteiger partial charge in [-0.2, -0.15) is 0 Å². The minimum absolute atomic E-state index is 0.0938. The van der Waals surface area contributed by atoms with E-state index in [9.17, 15) is 14.9 Å². The Balaban J connectivity index is 1.80. The third-order valence-corrected chi connectivity index (χ3v) is 4.30. The van der Waals surface area contributed by atoms with Gasteiger partial charge in [0, 0.05) is 30.2 Å². The zero-order chi connectivity index (χ0) is 18.8. The van der Waals surface area contributed by atoms with E-state index in [0.717, 1.165) is 12.1 Å². The highest BCUT2D eigenvalue weighted by atomic mass is 16.6. The van der Waals surface area contributed by atoms with Crippen LogP contribution in [-0.4, -0.2) is 52.4 Å². The van der Waals surface area contributed by atoms with E-state index >= 15 is 0 Å². The average Bonchev–Trinajstić information content (AvgIpc) is 3.09. The maximum atomic E-state index is 12.7. The molecule has 0 atom stereocenters. The number of aromatic nitrogens is 2. The number of imidazole rings is 1. The molecule has 0 radical (unpaired) electrons. The second-order valence-electron chi connectivity index (χ2n) is 6.44. The van der Waals surface area contributed by atoms with Crippen LogP contribution in [0.15, 0.2) is 30.0 Å². The quantitative estimate of drug-likeness (QED) is 0.447. The van der Waals surface area contributed by atoms with Crippen LogP contribution in [0.1, 0.15) is 21.7 Å². The molecule has 0 bridgehead atoms. The predicted octanol–water partition coefficient (Wildman–Crippen LogP) is 2.09. The number of rotatable bonds is 6. The fraction of sp³-hybridized carbons (Fsp3) is 0.333. The van der Waals surface area contributed by atoms with Gasteiger partial charge in [-0.3, -0.25) is 4.79 Å². The van der Waals surface area contributed by atoms with Gasteiger partial charge in [0.05, 0.1) is 7.05 Å². The molecule has 3 rings (SSSR count). The summed E-state index contributed by atoms with van der Waals surface area (Å²) in [6.45, 7) is 1.33. The second-order valence-corrected chi connectivity index (χ2v) is 6.44. The number of benzene rings is 1. The van der Waals surface area contributed by atoms with E-state index in [1.165, 1.54) is 10.8 Å². The minimum Gasteiger partial charge on any atom is -0.492 e.